The Morgan fingerprint density at radius 3 is 2.76 bits per heavy atom. The first-order valence-electron chi connectivity index (χ1n) is 6.25. The Morgan fingerprint density at radius 2 is 2.00 bits per heavy atom. The van der Waals surface area contributed by atoms with Crippen LogP contribution in [0.4, 0.5) is 5.69 Å². The maximum atomic E-state index is 12.3. The number of nitrogens with one attached hydrogen (secondary N) is 1. The molecule has 0 radical (unpaired) electrons. The topological polar surface area (TPSA) is 59.8 Å². The summed E-state index contributed by atoms with van der Waals surface area (Å²) in [7, 11) is 0. The van der Waals surface area contributed by atoms with Crippen molar-refractivity contribution in [2.45, 2.75) is 0 Å². The van der Waals surface area contributed by atoms with Gasteiger partial charge in [-0.3, -0.25) is 4.79 Å². The van der Waals surface area contributed by atoms with Crippen molar-refractivity contribution < 1.29 is 4.79 Å². The molecule has 0 spiro atoms. The van der Waals surface area contributed by atoms with Crippen molar-refractivity contribution in [3.05, 3.63) is 70.3 Å². The molecule has 21 heavy (non-hydrogen) atoms. The molecule has 3 aromatic rings. The van der Waals surface area contributed by atoms with Crippen LogP contribution in [0.25, 0.3) is 5.69 Å². The van der Waals surface area contributed by atoms with Crippen LogP contribution in [0.15, 0.2) is 61.2 Å². The van der Waals surface area contributed by atoms with Crippen LogP contribution < -0.4 is 5.32 Å². The van der Waals surface area contributed by atoms with E-state index in [0.29, 0.717) is 11.3 Å². The molecule has 0 saturated heterocycles. The van der Waals surface area contributed by atoms with Crippen LogP contribution in [-0.2, 0) is 0 Å². The van der Waals surface area contributed by atoms with E-state index in [1.54, 1.807) is 17.1 Å². The van der Waals surface area contributed by atoms with Gasteiger partial charge in [0.2, 0.25) is 0 Å². The van der Waals surface area contributed by atoms with Gasteiger partial charge in [-0.15, -0.1) is 0 Å². The fourth-order valence-electron chi connectivity index (χ4n) is 1.94. The largest absolute Gasteiger partial charge is 0.320 e. The quantitative estimate of drug-likeness (QED) is 0.700. The molecule has 0 aliphatic carbocycles. The summed E-state index contributed by atoms with van der Waals surface area (Å²) in [6, 6.07) is 14.9. The van der Waals surface area contributed by atoms with Crippen LogP contribution in [0.3, 0.4) is 0 Å². The minimum Gasteiger partial charge on any atom is -0.320 e. The normalized spacial score (nSPS) is 10.3. The average Bonchev–Trinajstić information content (AvgIpc) is 3.02. The Balaban J connectivity index is 1.90. The summed E-state index contributed by atoms with van der Waals surface area (Å²) >= 11 is 2.18. The zero-order valence-electron chi connectivity index (χ0n) is 10.9. The number of rotatable bonds is 3. The number of amides is 1. The minimum absolute atomic E-state index is 0.152. The number of carbonyl (C=O) groups is 1. The number of benzene rings is 2. The van der Waals surface area contributed by atoms with Gasteiger partial charge in [0.15, 0.2) is 0 Å². The second-order valence-corrected chi connectivity index (χ2v) is 5.57. The van der Waals surface area contributed by atoms with Crippen molar-refractivity contribution in [2.75, 3.05) is 5.32 Å². The van der Waals surface area contributed by atoms with Crippen LogP contribution >= 0.6 is 22.6 Å². The minimum atomic E-state index is -0.152. The molecule has 1 aromatic heterocycles. The number of hydrogen-bond acceptors (Lipinski definition) is 3. The maximum Gasteiger partial charge on any atom is 0.255 e. The lowest BCUT2D eigenvalue weighted by molar-refractivity contribution is 0.102. The molecule has 3 rings (SSSR count). The Labute approximate surface area is 135 Å². The first-order chi connectivity index (χ1) is 10.2. The van der Waals surface area contributed by atoms with Gasteiger partial charge in [0.25, 0.3) is 5.91 Å². The van der Waals surface area contributed by atoms with Gasteiger partial charge < -0.3 is 5.32 Å². The van der Waals surface area contributed by atoms with Gasteiger partial charge in [0.1, 0.15) is 12.7 Å². The van der Waals surface area contributed by atoms with E-state index in [0.717, 1.165) is 9.26 Å². The zero-order valence-corrected chi connectivity index (χ0v) is 13.1. The van der Waals surface area contributed by atoms with Crippen LogP contribution in [0.2, 0.25) is 0 Å². The van der Waals surface area contributed by atoms with Crippen molar-refractivity contribution in [2.24, 2.45) is 0 Å². The highest BCUT2D eigenvalue weighted by molar-refractivity contribution is 14.1. The van der Waals surface area contributed by atoms with Crippen LogP contribution in [0, 0.1) is 3.57 Å². The van der Waals surface area contributed by atoms with E-state index in [1.807, 2.05) is 42.5 Å². The molecule has 0 aliphatic heterocycles. The molecule has 104 valence electrons. The Kier molecular flexibility index (Phi) is 3.96. The lowest BCUT2D eigenvalue weighted by Gasteiger charge is -2.10. The number of anilines is 1. The SMILES string of the molecule is O=C(Nc1ccccc1-n1cncn1)c1cccc(I)c1. The molecule has 1 heterocycles. The monoisotopic (exact) mass is 390 g/mol. The lowest BCUT2D eigenvalue weighted by atomic mass is 10.2. The molecule has 0 unspecified atom stereocenters. The molecular formula is C15H11IN4O. The predicted octanol–water partition coefficient (Wildman–Crippen LogP) is 3.12. The van der Waals surface area contributed by atoms with E-state index in [-0.39, 0.29) is 5.91 Å². The summed E-state index contributed by atoms with van der Waals surface area (Å²) in [6.45, 7) is 0. The maximum absolute atomic E-state index is 12.3. The number of hydrogen-bond donors (Lipinski definition) is 1. The third-order valence-corrected chi connectivity index (χ3v) is 3.58. The van der Waals surface area contributed by atoms with Crippen molar-refractivity contribution in [3.8, 4) is 5.69 Å². The Bertz CT molecular complexity index is 771. The van der Waals surface area contributed by atoms with Gasteiger partial charge in [-0.25, -0.2) is 9.67 Å². The number of aromatic nitrogens is 3. The van der Waals surface area contributed by atoms with E-state index in [2.05, 4.69) is 38.0 Å². The van der Waals surface area contributed by atoms with E-state index in [9.17, 15) is 4.79 Å². The molecule has 0 aliphatic rings. The first kappa shape index (κ1) is 13.7. The fourth-order valence-corrected chi connectivity index (χ4v) is 2.48. The van der Waals surface area contributed by atoms with Gasteiger partial charge in [-0.1, -0.05) is 18.2 Å². The van der Waals surface area contributed by atoms with E-state index < -0.39 is 0 Å². The van der Waals surface area contributed by atoms with Crippen LogP contribution in [-0.4, -0.2) is 20.7 Å². The molecule has 0 bridgehead atoms. The van der Waals surface area contributed by atoms with E-state index in [1.165, 1.54) is 6.33 Å². The van der Waals surface area contributed by atoms with Gasteiger partial charge >= 0.3 is 0 Å². The number of halogens is 1. The van der Waals surface area contributed by atoms with Crippen molar-refractivity contribution in [3.63, 3.8) is 0 Å². The standard InChI is InChI=1S/C15H11IN4O/c16-12-5-3-4-11(8-12)15(21)19-13-6-1-2-7-14(13)20-10-17-9-18-20/h1-10H,(H,19,21). The number of nitrogens with zero attached hydrogens (tertiary/aromatic N) is 3. The summed E-state index contributed by atoms with van der Waals surface area (Å²) in [5.74, 6) is -0.152. The Morgan fingerprint density at radius 1 is 1.14 bits per heavy atom. The molecule has 1 amide bonds. The third kappa shape index (κ3) is 3.10. The molecule has 1 N–H and O–H groups in total. The summed E-state index contributed by atoms with van der Waals surface area (Å²) in [4.78, 5) is 16.3. The van der Waals surface area contributed by atoms with Crippen molar-refractivity contribution >= 4 is 34.2 Å². The Hall–Kier alpha value is -2.22. The van der Waals surface area contributed by atoms with Gasteiger partial charge in [0.05, 0.1) is 11.4 Å². The van der Waals surface area contributed by atoms with Crippen LogP contribution in [0.1, 0.15) is 10.4 Å². The second kappa shape index (κ2) is 6.04. The summed E-state index contributed by atoms with van der Waals surface area (Å²) in [5.41, 5.74) is 2.08. The molecular weight excluding hydrogens is 379 g/mol. The van der Waals surface area contributed by atoms with Crippen LogP contribution in [0.5, 0.6) is 0 Å². The first-order valence-corrected chi connectivity index (χ1v) is 7.33. The van der Waals surface area contributed by atoms with Gasteiger partial charge in [-0.05, 0) is 52.9 Å². The second-order valence-electron chi connectivity index (χ2n) is 4.32. The van der Waals surface area contributed by atoms with Gasteiger partial charge in [-0.2, -0.15) is 5.10 Å². The number of carbonyl (C=O) groups excluding carboxylic acids is 1. The molecule has 5 nitrogen and oxygen atoms in total. The molecule has 0 atom stereocenters. The van der Waals surface area contributed by atoms with Crippen molar-refractivity contribution in [1.29, 1.82) is 0 Å². The molecule has 0 fully saturated rings. The van der Waals surface area contributed by atoms with E-state index in [4.69, 9.17) is 0 Å². The van der Waals surface area contributed by atoms with Crippen molar-refractivity contribution in [1.82, 2.24) is 14.8 Å². The lowest BCUT2D eigenvalue weighted by Crippen LogP contribution is -2.14. The predicted molar refractivity (Wildman–Crippen MR) is 88.5 cm³/mol. The smallest absolute Gasteiger partial charge is 0.255 e. The number of para-hydroxylation sites is 2. The summed E-state index contributed by atoms with van der Waals surface area (Å²) in [6.07, 6.45) is 3.05. The summed E-state index contributed by atoms with van der Waals surface area (Å²) in [5, 5.41) is 7.01. The highest BCUT2D eigenvalue weighted by Gasteiger charge is 2.10. The van der Waals surface area contributed by atoms with E-state index >= 15 is 0 Å². The third-order valence-electron chi connectivity index (χ3n) is 2.90. The molecule has 0 saturated carbocycles. The fraction of sp³-hybridized carbons (Fsp3) is 0. The highest BCUT2D eigenvalue weighted by atomic mass is 127. The summed E-state index contributed by atoms with van der Waals surface area (Å²) < 4.78 is 2.63. The zero-order chi connectivity index (χ0) is 14.7. The molecule has 2 aromatic carbocycles. The molecule has 6 heteroatoms. The highest BCUT2D eigenvalue weighted by Crippen LogP contribution is 2.19. The van der Waals surface area contributed by atoms with Gasteiger partial charge in [0, 0.05) is 9.13 Å². The average molecular weight is 390 g/mol.